The van der Waals surface area contributed by atoms with Crippen LogP contribution in [0.1, 0.15) is 22.8 Å². The van der Waals surface area contributed by atoms with E-state index in [1.807, 2.05) is 18.2 Å². The van der Waals surface area contributed by atoms with Crippen LogP contribution in [0.3, 0.4) is 0 Å². The monoisotopic (exact) mass is 350 g/mol. The van der Waals surface area contributed by atoms with Crippen LogP contribution in [0.15, 0.2) is 55.0 Å². The molecule has 0 bridgehead atoms. The van der Waals surface area contributed by atoms with E-state index < -0.39 is 5.97 Å². The zero-order valence-electron chi connectivity index (χ0n) is 14.2. The highest BCUT2D eigenvalue weighted by Gasteiger charge is 2.12. The molecule has 0 saturated heterocycles. The Morgan fingerprint density at radius 3 is 2.85 bits per heavy atom. The van der Waals surface area contributed by atoms with Gasteiger partial charge in [-0.1, -0.05) is 18.2 Å². The number of carbonyl (C=O) groups excluding carboxylic acids is 1. The van der Waals surface area contributed by atoms with Gasteiger partial charge in [0.2, 0.25) is 5.95 Å². The minimum absolute atomic E-state index is 0.310. The molecule has 3 aromatic rings. The number of ether oxygens (including phenoxy) is 1. The lowest BCUT2D eigenvalue weighted by atomic mass is 10.2. The van der Waals surface area contributed by atoms with Crippen LogP contribution in [-0.2, 0) is 11.3 Å². The van der Waals surface area contributed by atoms with Crippen LogP contribution in [0.25, 0.3) is 0 Å². The fraction of sp³-hybridized carbons (Fsp3) is 0.167. The van der Waals surface area contributed by atoms with E-state index in [2.05, 4.69) is 30.8 Å². The Balaban J connectivity index is 1.72. The van der Waals surface area contributed by atoms with Crippen molar-refractivity contribution < 1.29 is 9.53 Å². The quantitative estimate of drug-likeness (QED) is 0.627. The molecule has 0 saturated carbocycles. The summed E-state index contributed by atoms with van der Waals surface area (Å²) >= 11 is 0. The molecule has 8 nitrogen and oxygen atoms in total. The second-order valence-electron chi connectivity index (χ2n) is 5.27. The second-order valence-corrected chi connectivity index (χ2v) is 5.27. The summed E-state index contributed by atoms with van der Waals surface area (Å²) in [6.45, 7) is 2.60. The van der Waals surface area contributed by atoms with E-state index in [9.17, 15) is 4.79 Å². The zero-order chi connectivity index (χ0) is 18.2. The van der Waals surface area contributed by atoms with Crippen molar-refractivity contribution in [2.75, 3.05) is 17.2 Å². The van der Waals surface area contributed by atoms with E-state index in [1.165, 1.54) is 6.20 Å². The van der Waals surface area contributed by atoms with Crippen LogP contribution >= 0.6 is 0 Å². The van der Waals surface area contributed by atoms with Crippen LogP contribution in [0, 0.1) is 0 Å². The number of para-hydroxylation sites is 1. The van der Waals surface area contributed by atoms with Gasteiger partial charge in [0, 0.05) is 18.9 Å². The fourth-order valence-corrected chi connectivity index (χ4v) is 2.24. The Bertz CT molecular complexity index is 872. The molecule has 2 N–H and O–H groups in total. The average molecular weight is 350 g/mol. The van der Waals surface area contributed by atoms with Crippen LogP contribution in [0.4, 0.5) is 17.5 Å². The highest BCUT2D eigenvalue weighted by molar-refractivity contribution is 5.96. The number of benzene rings is 1. The van der Waals surface area contributed by atoms with Gasteiger partial charge in [0.05, 0.1) is 24.1 Å². The number of pyridine rings is 1. The lowest BCUT2D eigenvalue weighted by Crippen LogP contribution is -2.09. The summed E-state index contributed by atoms with van der Waals surface area (Å²) in [5.74, 6) is 0.436. The summed E-state index contributed by atoms with van der Waals surface area (Å²) < 4.78 is 5.07. The van der Waals surface area contributed by atoms with Crippen molar-refractivity contribution in [2.45, 2.75) is 13.5 Å². The molecule has 0 aliphatic carbocycles. The van der Waals surface area contributed by atoms with Crippen LogP contribution in [-0.4, -0.2) is 32.7 Å². The summed E-state index contributed by atoms with van der Waals surface area (Å²) in [4.78, 5) is 20.5. The zero-order valence-corrected chi connectivity index (χ0v) is 14.2. The van der Waals surface area contributed by atoms with Gasteiger partial charge in [-0.3, -0.25) is 4.98 Å². The smallest absolute Gasteiger partial charge is 0.340 e. The highest BCUT2D eigenvalue weighted by atomic mass is 16.5. The number of nitrogens with one attached hydrogen (secondary N) is 2. The second kappa shape index (κ2) is 8.52. The molecule has 8 heteroatoms. The van der Waals surface area contributed by atoms with Gasteiger partial charge in [-0.05, 0) is 30.7 Å². The van der Waals surface area contributed by atoms with Crippen LogP contribution in [0.5, 0.6) is 0 Å². The van der Waals surface area contributed by atoms with E-state index in [-0.39, 0.29) is 0 Å². The molecule has 0 spiro atoms. The summed E-state index contributed by atoms with van der Waals surface area (Å²) in [6.07, 6.45) is 4.96. The molecular formula is C18H18N6O2. The first kappa shape index (κ1) is 17.3. The molecule has 26 heavy (non-hydrogen) atoms. The predicted molar refractivity (Wildman–Crippen MR) is 97.1 cm³/mol. The Labute approximate surface area is 150 Å². The summed E-state index contributed by atoms with van der Waals surface area (Å²) in [7, 11) is 0. The SMILES string of the molecule is CCOC(=O)c1ccccc1Nc1cnnc(NCc2cccnc2)n1. The molecule has 2 heterocycles. The normalized spacial score (nSPS) is 10.2. The maximum absolute atomic E-state index is 12.1. The Hall–Kier alpha value is -3.55. The Morgan fingerprint density at radius 1 is 1.15 bits per heavy atom. The van der Waals surface area contributed by atoms with Crippen LogP contribution < -0.4 is 10.6 Å². The average Bonchev–Trinajstić information content (AvgIpc) is 2.68. The fourth-order valence-electron chi connectivity index (χ4n) is 2.24. The lowest BCUT2D eigenvalue weighted by molar-refractivity contribution is 0.0527. The number of hydrogen-bond donors (Lipinski definition) is 2. The van der Waals surface area contributed by atoms with E-state index in [4.69, 9.17) is 4.74 Å². The summed E-state index contributed by atoms with van der Waals surface area (Å²) in [6, 6.07) is 10.9. The number of hydrogen-bond acceptors (Lipinski definition) is 8. The van der Waals surface area contributed by atoms with Gasteiger partial charge < -0.3 is 15.4 Å². The number of esters is 1. The van der Waals surface area contributed by atoms with Gasteiger partial charge in [0.15, 0.2) is 5.82 Å². The molecule has 0 unspecified atom stereocenters. The van der Waals surface area contributed by atoms with E-state index in [1.54, 1.807) is 37.5 Å². The number of rotatable bonds is 7. The van der Waals surface area contributed by atoms with Gasteiger partial charge in [-0.25, -0.2) is 4.79 Å². The Morgan fingerprint density at radius 2 is 2.04 bits per heavy atom. The molecule has 132 valence electrons. The van der Waals surface area contributed by atoms with Gasteiger partial charge in [0.25, 0.3) is 0 Å². The molecule has 2 aromatic heterocycles. The molecule has 0 aliphatic heterocycles. The first-order valence-corrected chi connectivity index (χ1v) is 8.12. The van der Waals surface area contributed by atoms with Gasteiger partial charge >= 0.3 is 5.97 Å². The first-order chi connectivity index (χ1) is 12.8. The van der Waals surface area contributed by atoms with Gasteiger partial charge in [-0.15, -0.1) is 5.10 Å². The predicted octanol–water partition coefficient (Wildman–Crippen LogP) is 2.80. The van der Waals surface area contributed by atoms with Crippen molar-refractivity contribution in [3.05, 3.63) is 66.1 Å². The summed E-state index contributed by atoms with van der Waals surface area (Å²) in [5.41, 5.74) is 2.02. The van der Waals surface area contributed by atoms with Crippen molar-refractivity contribution in [3.63, 3.8) is 0 Å². The standard InChI is InChI=1S/C18H18N6O2/c1-2-26-17(25)14-7-3-4-8-15(14)22-16-12-21-24-18(23-16)20-11-13-6-5-9-19-10-13/h3-10,12H,2,11H2,1H3,(H2,20,22,23,24). The molecule has 0 amide bonds. The van der Waals surface area contributed by atoms with Crippen molar-refractivity contribution in [1.29, 1.82) is 0 Å². The maximum Gasteiger partial charge on any atom is 0.340 e. The third-order valence-electron chi connectivity index (χ3n) is 3.42. The number of anilines is 3. The summed E-state index contributed by atoms with van der Waals surface area (Å²) in [5, 5.41) is 14.1. The largest absolute Gasteiger partial charge is 0.462 e. The lowest BCUT2D eigenvalue weighted by Gasteiger charge is -2.11. The van der Waals surface area contributed by atoms with Crippen molar-refractivity contribution in [3.8, 4) is 0 Å². The molecule has 0 radical (unpaired) electrons. The molecule has 0 atom stereocenters. The van der Waals surface area contributed by atoms with Crippen molar-refractivity contribution in [1.82, 2.24) is 20.2 Å². The third-order valence-corrected chi connectivity index (χ3v) is 3.42. The van der Waals surface area contributed by atoms with E-state index in [0.29, 0.717) is 36.2 Å². The molecule has 1 aromatic carbocycles. The minimum atomic E-state index is -0.396. The van der Waals surface area contributed by atoms with Crippen molar-refractivity contribution in [2.24, 2.45) is 0 Å². The molecular weight excluding hydrogens is 332 g/mol. The maximum atomic E-state index is 12.1. The number of carbonyl (C=O) groups is 1. The number of nitrogens with zero attached hydrogens (tertiary/aromatic N) is 4. The first-order valence-electron chi connectivity index (χ1n) is 8.12. The third kappa shape index (κ3) is 4.50. The minimum Gasteiger partial charge on any atom is -0.462 e. The molecule has 3 rings (SSSR count). The number of aromatic nitrogens is 4. The van der Waals surface area contributed by atoms with Crippen LogP contribution in [0.2, 0.25) is 0 Å². The van der Waals surface area contributed by atoms with Gasteiger partial charge in [-0.2, -0.15) is 10.1 Å². The Kier molecular flexibility index (Phi) is 5.66. The topological polar surface area (TPSA) is 102 Å². The van der Waals surface area contributed by atoms with Crippen molar-refractivity contribution >= 4 is 23.4 Å². The van der Waals surface area contributed by atoms with E-state index in [0.717, 1.165) is 5.56 Å². The molecule has 0 aliphatic rings. The molecule has 0 fully saturated rings. The highest BCUT2D eigenvalue weighted by Crippen LogP contribution is 2.20. The van der Waals surface area contributed by atoms with Gasteiger partial charge in [0.1, 0.15) is 0 Å². The van der Waals surface area contributed by atoms with E-state index >= 15 is 0 Å².